The van der Waals surface area contributed by atoms with Crippen molar-refractivity contribution in [2.24, 2.45) is 0 Å². The van der Waals surface area contributed by atoms with E-state index in [-0.39, 0.29) is 5.91 Å². The molecule has 0 aliphatic carbocycles. The highest BCUT2D eigenvalue weighted by molar-refractivity contribution is 7.12. The molecule has 0 fully saturated rings. The van der Waals surface area contributed by atoms with Gasteiger partial charge in [-0.1, -0.05) is 18.2 Å². The first-order valence-electron chi connectivity index (χ1n) is 7.70. The Morgan fingerprint density at radius 3 is 2.65 bits per heavy atom. The van der Waals surface area contributed by atoms with Crippen LogP contribution in [0.5, 0.6) is 0 Å². The molecule has 3 aromatic heterocycles. The van der Waals surface area contributed by atoms with Crippen LogP contribution >= 0.6 is 11.3 Å². The van der Waals surface area contributed by atoms with Gasteiger partial charge in [-0.15, -0.1) is 16.4 Å². The number of benzene rings is 1. The first-order chi connectivity index (χ1) is 12.8. The van der Waals surface area contributed by atoms with Gasteiger partial charge in [0.2, 0.25) is 0 Å². The van der Waals surface area contributed by atoms with Crippen LogP contribution in [0.4, 0.5) is 17.2 Å². The predicted octanol–water partition coefficient (Wildman–Crippen LogP) is 3.11. The zero-order chi connectivity index (χ0) is 17.8. The zero-order valence-corrected chi connectivity index (χ0v) is 14.2. The highest BCUT2D eigenvalue weighted by atomic mass is 32.1. The fraction of sp³-hybridized carbons (Fsp3) is 0. The number of thiophene rings is 1. The Morgan fingerprint density at radius 2 is 1.92 bits per heavy atom. The van der Waals surface area contributed by atoms with Crippen LogP contribution in [0.3, 0.4) is 0 Å². The van der Waals surface area contributed by atoms with Gasteiger partial charge in [0.05, 0.1) is 17.6 Å². The van der Waals surface area contributed by atoms with Crippen molar-refractivity contribution in [3.8, 4) is 5.69 Å². The number of carbonyl (C=O) groups excluding carboxylic acids is 1. The van der Waals surface area contributed by atoms with Gasteiger partial charge in [-0.25, -0.2) is 4.98 Å². The van der Waals surface area contributed by atoms with Crippen molar-refractivity contribution >= 4 is 34.4 Å². The molecule has 3 heterocycles. The first-order valence-corrected chi connectivity index (χ1v) is 8.58. The van der Waals surface area contributed by atoms with Crippen LogP contribution in [0.25, 0.3) is 5.69 Å². The number of hydrogen-bond donors (Lipinski definition) is 2. The van der Waals surface area contributed by atoms with E-state index >= 15 is 0 Å². The van der Waals surface area contributed by atoms with Gasteiger partial charge in [0.25, 0.3) is 5.91 Å². The molecule has 0 aliphatic heterocycles. The van der Waals surface area contributed by atoms with Gasteiger partial charge in [-0.2, -0.15) is 4.68 Å². The summed E-state index contributed by atoms with van der Waals surface area (Å²) in [6, 6.07) is 15.1. The molecule has 4 rings (SSSR count). The molecule has 128 valence electrons. The maximum absolute atomic E-state index is 12.5. The fourth-order valence-corrected chi connectivity index (χ4v) is 3.10. The number of amides is 1. The average Bonchev–Trinajstić information content (AvgIpc) is 3.35. The Hall–Kier alpha value is -3.59. The van der Waals surface area contributed by atoms with Crippen molar-refractivity contribution in [2.45, 2.75) is 0 Å². The molecule has 9 heteroatoms. The van der Waals surface area contributed by atoms with Gasteiger partial charge in [-0.3, -0.25) is 4.79 Å². The minimum Gasteiger partial charge on any atom is -0.340 e. The van der Waals surface area contributed by atoms with Gasteiger partial charge in [0, 0.05) is 5.69 Å². The van der Waals surface area contributed by atoms with E-state index in [0.717, 1.165) is 5.69 Å². The lowest BCUT2D eigenvalue weighted by molar-refractivity contribution is 0.103. The van der Waals surface area contributed by atoms with E-state index in [1.54, 1.807) is 24.4 Å². The highest BCUT2D eigenvalue weighted by Gasteiger charge is 2.16. The number of hydrogen-bond acceptors (Lipinski definition) is 7. The molecule has 1 aromatic carbocycles. The number of rotatable bonds is 5. The molecular formula is C17H13N7OS. The van der Waals surface area contributed by atoms with E-state index in [9.17, 15) is 4.79 Å². The van der Waals surface area contributed by atoms with Crippen molar-refractivity contribution in [1.29, 1.82) is 0 Å². The SMILES string of the molecule is O=C(Nc1ccc(Nc2ccccc2)nc1)c1sccc1-n1cnnn1. The Kier molecular flexibility index (Phi) is 4.35. The minimum absolute atomic E-state index is 0.240. The summed E-state index contributed by atoms with van der Waals surface area (Å²) < 4.78 is 1.45. The van der Waals surface area contributed by atoms with Crippen LogP contribution in [-0.2, 0) is 0 Å². The summed E-state index contributed by atoms with van der Waals surface area (Å²) in [4.78, 5) is 17.4. The van der Waals surface area contributed by atoms with E-state index in [2.05, 4.69) is 31.1 Å². The topological polar surface area (TPSA) is 97.6 Å². The number of para-hydroxylation sites is 1. The Balaban J connectivity index is 1.46. The number of nitrogens with zero attached hydrogens (tertiary/aromatic N) is 5. The molecule has 0 spiro atoms. The fourth-order valence-electron chi connectivity index (χ4n) is 2.32. The van der Waals surface area contributed by atoms with Crippen LogP contribution < -0.4 is 10.6 Å². The zero-order valence-electron chi connectivity index (χ0n) is 13.4. The molecular weight excluding hydrogens is 350 g/mol. The van der Waals surface area contributed by atoms with E-state index in [4.69, 9.17) is 0 Å². The van der Waals surface area contributed by atoms with E-state index in [1.165, 1.54) is 22.3 Å². The molecule has 0 radical (unpaired) electrons. The standard InChI is InChI=1S/C17H13N7OS/c25-17(16-14(8-9-26-16)24-11-19-22-23-24)21-13-6-7-15(18-10-13)20-12-4-2-1-3-5-12/h1-11H,(H,18,20)(H,21,25). The van der Waals surface area contributed by atoms with Crippen molar-refractivity contribution in [3.63, 3.8) is 0 Å². The van der Waals surface area contributed by atoms with Gasteiger partial charge < -0.3 is 10.6 Å². The van der Waals surface area contributed by atoms with Crippen molar-refractivity contribution in [1.82, 2.24) is 25.2 Å². The summed E-state index contributed by atoms with van der Waals surface area (Å²) in [6.07, 6.45) is 3.05. The van der Waals surface area contributed by atoms with Crippen LogP contribution in [0.1, 0.15) is 9.67 Å². The van der Waals surface area contributed by atoms with E-state index in [1.807, 2.05) is 35.7 Å². The molecule has 0 atom stereocenters. The second kappa shape index (κ2) is 7.11. The van der Waals surface area contributed by atoms with Gasteiger partial charge in [0.1, 0.15) is 17.0 Å². The third-order valence-corrected chi connectivity index (χ3v) is 4.42. The molecule has 26 heavy (non-hydrogen) atoms. The third kappa shape index (κ3) is 3.42. The number of tetrazole rings is 1. The van der Waals surface area contributed by atoms with Gasteiger partial charge in [-0.05, 0) is 46.1 Å². The lowest BCUT2D eigenvalue weighted by atomic mass is 10.3. The highest BCUT2D eigenvalue weighted by Crippen LogP contribution is 2.22. The number of nitrogens with one attached hydrogen (secondary N) is 2. The Bertz CT molecular complexity index is 997. The lowest BCUT2D eigenvalue weighted by Gasteiger charge is -2.08. The second-order valence-corrected chi connectivity index (χ2v) is 6.18. The molecule has 1 amide bonds. The molecule has 0 aliphatic rings. The predicted molar refractivity (Wildman–Crippen MR) is 98.9 cm³/mol. The van der Waals surface area contributed by atoms with Gasteiger partial charge >= 0.3 is 0 Å². The molecule has 0 unspecified atom stereocenters. The lowest BCUT2D eigenvalue weighted by Crippen LogP contribution is -2.13. The molecule has 0 saturated heterocycles. The van der Waals surface area contributed by atoms with Crippen LogP contribution in [-0.4, -0.2) is 31.1 Å². The first kappa shape index (κ1) is 15.9. The quantitative estimate of drug-likeness (QED) is 0.565. The summed E-state index contributed by atoms with van der Waals surface area (Å²) in [6.45, 7) is 0. The number of carbonyl (C=O) groups is 1. The Morgan fingerprint density at radius 1 is 1.04 bits per heavy atom. The largest absolute Gasteiger partial charge is 0.340 e. The molecule has 0 saturated carbocycles. The summed E-state index contributed by atoms with van der Waals surface area (Å²) >= 11 is 1.32. The van der Waals surface area contributed by atoms with Crippen molar-refractivity contribution in [3.05, 3.63) is 71.3 Å². The smallest absolute Gasteiger partial charge is 0.268 e. The summed E-state index contributed by atoms with van der Waals surface area (Å²) in [5, 5.41) is 18.9. The second-order valence-electron chi connectivity index (χ2n) is 5.27. The molecule has 4 aromatic rings. The van der Waals surface area contributed by atoms with E-state index < -0.39 is 0 Å². The number of pyridine rings is 1. The monoisotopic (exact) mass is 363 g/mol. The number of anilines is 3. The maximum atomic E-state index is 12.5. The summed E-state index contributed by atoms with van der Waals surface area (Å²) in [5.41, 5.74) is 2.18. The van der Waals surface area contributed by atoms with Crippen LogP contribution in [0.15, 0.2) is 66.4 Å². The molecule has 8 nitrogen and oxygen atoms in total. The summed E-state index contributed by atoms with van der Waals surface area (Å²) in [5.74, 6) is 0.454. The van der Waals surface area contributed by atoms with Crippen molar-refractivity contribution < 1.29 is 4.79 Å². The Labute approximate surface area is 152 Å². The maximum Gasteiger partial charge on any atom is 0.268 e. The number of aromatic nitrogens is 5. The molecule has 0 bridgehead atoms. The van der Waals surface area contributed by atoms with Crippen molar-refractivity contribution in [2.75, 3.05) is 10.6 Å². The average molecular weight is 363 g/mol. The summed E-state index contributed by atoms with van der Waals surface area (Å²) in [7, 11) is 0. The molecule has 2 N–H and O–H groups in total. The third-order valence-electron chi connectivity index (χ3n) is 3.51. The van der Waals surface area contributed by atoms with Crippen LogP contribution in [0, 0.1) is 0 Å². The van der Waals surface area contributed by atoms with Gasteiger partial charge in [0.15, 0.2) is 0 Å². The van der Waals surface area contributed by atoms with Crippen LogP contribution in [0.2, 0.25) is 0 Å². The van der Waals surface area contributed by atoms with E-state index in [0.29, 0.717) is 22.1 Å². The minimum atomic E-state index is -0.240. The normalized spacial score (nSPS) is 10.5.